The van der Waals surface area contributed by atoms with Crippen molar-refractivity contribution in [2.75, 3.05) is 20.2 Å². The lowest BCUT2D eigenvalue weighted by Crippen LogP contribution is -2.63. The molecule has 2 rings (SSSR count). The first-order valence-corrected chi connectivity index (χ1v) is 8.65. The Morgan fingerprint density at radius 3 is 2.33 bits per heavy atom. The van der Waals surface area contributed by atoms with Gasteiger partial charge < -0.3 is 9.84 Å². The summed E-state index contributed by atoms with van der Waals surface area (Å²) in [5.74, 6) is -0.494. The number of aliphatic hydroxyl groups excluding tert-OH is 1. The minimum Gasteiger partial charge on any atom is -0.469 e. The first-order chi connectivity index (χ1) is 9.68. The molecular weight excluding hydrogens is 296 g/mol. The second-order valence-corrected chi connectivity index (χ2v) is 8.15. The molecule has 2 N–H and O–H groups in total. The van der Waals surface area contributed by atoms with Crippen molar-refractivity contribution < 1.29 is 23.1 Å². The monoisotopic (exact) mass is 320 g/mol. The number of hydrogen-bond donors (Lipinski definition) is 2. The molecule has 1 aliphatic carbocycles. The normalized spacial score (nSPS) is 30.7. The quantitative estimate of drug-likeness (QED) is 0.703. The van der Waals surface area contributed by atoms with Gasteiger partial charge in [-0.1, -0.05) is 13.8 Å². The Morgan fingerprint density at radius 1 is 1.33 bits per heavy atom. The van der Waals surface area contributed by atoms with Crippen molar-refractivity contribution in [3.05, 3.63) is 0 Å². The fourth-order valence-corrected chi connectivity index (χ4v) is 4.46. The van der Waals surface area contributed by atoms with Crippen LogP contribution in [-0.2, 0) is 19.7 Å². The Bertz CT molecular complexity index is 497. The molecule has 1 heterocycles. The van der Waals surface area contributed by atoms with E-state index < -0.39 is 21.7 Å². The Kier molecular flexibility index (Phi) is 4.63. The maximum Gasteiger partial charge on any atom is 0.308 e. The lowest BCUT2D eigenvalue weighted by molar-refractivity contribution is -0.146. The molecule has 0 amide bonds. The van der Waals surface area contributed by atoms with E-state index in [2.05, 4.69) is 4.72 Å². The number of aliphatic hydroxyl groups is 1. The minimum atomic E-state index is -3.57. The molecule has 2 unspecified atom stereocenters. The van der Waals surface area contributed by atoms with E-state index in [1.54, 1.807) is 0 Å². The number of carbonyl (C=O) groups excluding carboxylic acids is 1. The third-order valence-corrected chi connectivity index (χ3v) is 6.46. The Balaban J connectivity index is 1.92. The van der Waals surface area contributed by atoms with E-state index in [1.807, 2.05) is 13.8 Å². The molecule has 0 bridgehead atoms. The molecule has 2 atom stereocenters. The molecule has 8 heteroatoms. The number of esters is 1. The van der Waals surface area contributed by atoms with Crippen LogP contribution in [0.1, 0.15) is 33.1 Å². The standard InChI is InChI=1S/C13H24N2O5S/c1-13(2)10(8-11(13)16)14-21(18,19)15-6-4-9(5-7-15)12(17)20-3/h9-11,14,16H,4-8H2,1-3H3. The number of ether oxygens (including phenoxy) is 1. The lowest BCUT2D eigenvalue weighted by atomic mass is 9.65. The fraction of sp³-hybridized carbons (Fsp3) is 0.923. The predicted molar refractivity (Wildman–Crippen MR) is 76.6 cm³/mol. The van der Waals surface area contributed by atoms with Crippen molar-refractivity contribution in [1.29, 1.82) is 0 Å². The molecule has 21 heavy (non-hydrogen) atoms. The number of nitrogens with zero attached hydrogens (tertiary/aromatic N) is 1. The summed E-state index contributed by atoms with van der Waals surface area (Å²) in [5, 5.41) is 9.68. The molecule has 2 fully saturated rings. The van der Waals surface area contributed by atoms with Gasteiger partial charge in [0.1, 0.15) is 0 Å². The van der Waals surface area contributed by atoms with Crippen molar-refractivity contribution in [3.8, 4) is 0 Å². The van der Waals surface area contributed by atoms with Gasteiger partial charge in [-0.2, -0.15) is 17.4 Å². The van der Waals surface area contributed by atoms with Gasteiger partial charge in [-0.3, -0.25) is 4.79 Å². The third-order valence-electron chi connectivity index (χ3n) is 4.84. The Morgan fingerprint density at radius 2 is 1.90 bits per heavy atom. The van der Waals surface area contributed by atoms with E-state index in [4.69, 9.17) is 4.74 Å². The van der Waals surface area contributed by atoms with E-state index in [0.29, 0.717) is 32.4 Å². The second-order valence-electron chi connectivity index (χ2n) is 6.44. The molecular formula is C13H24N2O5S. The van der Waals surface area contributed by atoms with Gasteiger partial charge in [-0.25, -0.2) is 0 Å². The van der Waals surface area contributed by atoms with E-state index in [1.165, 1.54) is 11.4 Å². The molecule has 0 spiro atoms. The van der Waals surface area contributed by atoms with Crippen LogP contribution < -0.4 is 4.72 Å². The summed E-state index contributed by atoms with van der Waals surface area (Å²) in [6.45, 7) is 4.31. The molecule has 7 nitrogen and oxygen atoms in total. The first-order valence-electron chi connectivity index (χ1n) is 7.21. The molecule has 0 aromatic rings. The topological polar surface area (TPSA) is 95.9 Å². The van der Waals surface area contributed by atoms with E-state index in [0.717, 1.165) is 0 Å². The van der Waals surface area contributed by atoms with Crippen molar-refractivity contribution in [1.82, 2.24) is 9.03 Å². The third kappa shape index (κ3) is 3.23. The van der Waals surface area contributed by atoms with E-state index in [-0.39, 0.29) is 17.9 Å². The number of nitrogens with one attached hydrogen (secondary N) is 1. The zero-order chi connectivity index (χ0) is 15.8. The summed E-state index contributed by atoms with van der Waals surface area (Å²) in [6.07, 6.45) is 0.912. The van der Waals surface area contributed by atoms with Crippen LogP contribution in [0.4, 0.5) is 0 Å². The summed E-state index contributed by atoms with van der Waals surface area (Å²) in [5.41, 5.74) is -0.447. The number of methoxy groups -OCH3 is 1. The van der Waals surface area contributed by atoms with Crippen LogP contribution in [0.25, 0.3) is 0 Å². The van der Waals surface area contributed by atoms with E-state index >= 15 is 0 Å². The molecule has 0 aromatic carbocycles. The van der Waals surface area contributed by atoms with Crippen LogP contribution in [0, 0.1) is 11.3 Å². The van der Waals surface area contributed by atoms with Crippen LogP contribution >= 0.6 is 0 Å². The van der Waals surface area contributed by atoms with Crippen LogP contribution in [0.3, 0.4) is 0 Å². The Labute approximate surface area is 125 Å². The van der Waals surface area contributed by atoms with Gasteiger partial charge in [0.2, 0.25) is 0 Å². The van der Waals surface area contributed by atoms with Gasteiger partial charge in [0, 0.05) is 24.5 Å². The number of hydrogen-bond acceptors (Lipinski definition) is 5. The molecule has 0 aromatic heterocycles. The van der Waals surface area contributed by atoms with Crippen LogP contribution in [0.15, 0.2) is 0 Å². The molecule has 1 saturated carbocycles. The van der Waals surface area contributed by atoms with Crippen molar-refractivity contribution in [2.45, 2.75) is 45.3 Å². The fourth-order valence-electron chi connectivity index (χ4n) is 2.86. The number of piperidine rings is 1. The van der Waals surface area contributed by atoms with Crippen LogP contribution in [0.2, 0.25) is 0 Å². The van der Waals surface area contributed by atoms with Gasteiger partial charge in [0.15, 0.2) is 0 Å². The zero-order valence-electron chi connectivity index (χ0n) is 12.7. The molecule has 1 saturated heterocycles. The average molecular weight is 320 g/mol. The first kappa shape index (κ1) is 16.7. The van der Waals surface area contributed by atoms with Crippen molar-refractivity contribution in [3.63, 3.8) is 0 Å². The second kappa shape index (κ2) is 5.83. The maximum atomic E-state index is 12.3. The van der Waals surface area contributed by atoms with Crippen molar-refractivity contribution in [2.24, 2.45) is 11.3 Å². The minimum absolute atomic E-state index is 0.219. The molecule has 0 radical (unpaired) electrons. The zero-order valence-corrected chi connectivity index (χ0v) is 13.5. The average Bonchev–Trinajstić information content (AvgIpc) is 2.46. The molecule has 1 aliphatic heterocycles. The Hall–Kier alpha value is -0.700. The highest BCUT2D eigenvalue weighted by atomic mass is 32.2. The van der Waals surface area contributed by atoms with Gasteiger partial charge in [-0.15, -0.1) is 0 Å². The summed E-state index contributed by atoms with van der Waals surface area (Å²) in [7, 11) is -2.23. The highest BCUT2D eigenvalue weighted by Crippen LogP contribution is 2.41. The highest BCUT2D eigenvalue weighted by Gasteiger charge is 2.49. The van der Waals surface area contributed by atoms with Gasteiger partial charge >= 0.3 is 5.97 Å². The van der Waals surface area contributed by atoms with E-state index in [9.17, 15) is 18.3 Å². The molecule has 122 valence electrons. The van der Waals surface area contributed by atoms with Crippen LogP contribution in [0.5, 0.6) is 0 Å². The summed E-state index contributed by atoms with van der Waals surface area (Å²) in [4.78, 5) is 11.4. The highest BCUT2D eigenvalue weighted by molar-refractivity contribution is 7.87. The smallest absolute Gasteiger partial charge is 0.308 e. The largest absolute Gasteiger partial charge is 0.469 e. The number of rotatable bonds is 4. The van der Waals surface area contributed by atoms with Gasteiger partial charge in [0.05, 0.1) is 19.1 Å². The number of carbonyl (C=O) groups is 1. The summed E-state index contributed by atoms with van der Waals surface area (Å²) in [6, 6.07) is -0.254. The van der Waals surface area contributed by atoms with Gasteiger partial charge in [-0.05, 0) is 19.3 Å². The van der Waals surface area contributed by atoms with Gasteiger partial charge in [0.25, 0.3) is 10.2 Å². The molecule has 2 aliphatic rings. The predicted octanol–water partition coefficient (Wildman–Crippen LogP) is -0.135. The lowest BCUT2D eigenvalue weighted by Gasteiger charge is -2.49. The van der Waals surface area contributed by atoms with Crippen LogP contribution in [-0.4, -0.2) is 56.1 Å². The van der Waals surface area contributed by atoms with Crippen molar-refractivity contribution >= 4 is 16.2 Å². The maximum absolute atomic E-state index is 12.3. The summed E-state index contributed by atoms with van der Waals surface area (Å²) < 4.78 is 33.4. The summed E-state index contributed by atoms with van der Waals surface area (Å²) >= 11 is 0. The SMILES string of the molecule is COC(=O)C1CCN(S(=O)(=O)NC2CC(O)C2(C)C)CC1.